The molecule has 1 fully saturated rings. The fraction of sp³-hybridized carbons (Fsp3) is 0.650. The van der Waals surface area contributed by atoms with Crippen molar-refractivity contribution in [1.82, 2.24) is 15.1 Å². The molecule has 29 heavy (non-hydrogen) atoms. The van der Waals surface area contributed by atoms with Gasteiger partial charge in [0.2, 0.25) is 0 Å². The van der Waals surface area contributed by atoms with E-state index in [9.17, 15) is 8.78 Å². The van der Waals surface area contributed by atoms with Gasteiger partial charge in [0.15, 0.2) is 5.96 Å². The lowest BCUT2D eigenvalue weighted by Crippen LogP contribution is -2.44. The van der Waals surface area contributed by atoms with Crippen molar-refractivity contribution in [2.24, 2.45) is 10.9 Å². The molecule has 0 aliphatic carbocycles. The second kappa shape index (κ2) is 13.3. The number of hydrogen-bond donors (Lipinski definition) is 1. The Bertz CT molecular complexity index is 629. The predicted octanol–water partition coefficient (Wildman–Crippen LogP) is 2.75. The molecular weight excluding hydrogens is 493 g/mol. The standard InChI is InChI=1S/C20H32F2N4O2.HI/c1-23-20(26-9-8-15(13-26)14-28-11-10-27-4)24-12-18(25(2)3)19-16(21)6-5-7-17(19)22;/h5-7,15,18H,8-14H2,1-4H3,(H,23,24);1H. The number of ether oxygens (including phenoxy) is 2. The Labute approximate surface area is 189 Å². The second-order valence-corrected chi connectivity index (χ2v) is 7.21. The summed E-state index contributed by atoms with van der Waals surface area (Å²) in [7, 11) is 7.00. The zero-order chi connectivity index (χ0) is 20.5. The molecule has 1 aromatic carbocycles. The van der Waals surface area contributed by atoms with Crippen molar-refractivity contribution in [3.05, 3.63) is 35.4 Å². The molecule has 0 saturated carbocycles. The first-order chi connectivity index (χ1) is 13.5. The van der Waals surface area contributed by atoms with Gasteiger partial charge in [-0.1, -0.05) is 6.07 Å². The average Bonchev–Trinajstić information content (AvgIpc) is 3.12. The highest BCUT2D eigenvalue weighted by molar-refractivity contribution is 14.0. The SMILES string of the molecule is CN=C(NCC(c1c(F)cccc1F)N(C)C)N1CCC(COCCOC)C1.I. The van der Waals surface area contributed by atoms with Crippen molar-refractivity contribution in [2.75, 3.05) is 67.7 Å². The average molecular weight is 526 g/mol. The van der Waals surface area contributed by atoms with Crippen molar-refractivity contribution in [3.8, 4) is 0 Å². The first-order valence-corrected chi connectivity index (χ1v) is 9.60. The van der Waals surface area contributed by atoms with Gasteiger partial charge in [-0.25, -0.2) is 8.78 Å². The van der Waals surface area contributed by atoms with Crippen LogP contribution in [0.1, 0.15) is 18.0 Å². The fourth-order valence-corrected chi connectivity index (χ4v) is 3.45. The summed E-state index contributed by atoms with van der Waals surface area (Å²) in [6.07, 6.45) is 1.02. The first-order valence-electron chi connectivity index (χ1n) is 9.60. The Kier molecular flexibility index (Phi) is 11.9. The third kappa shape index (κ3) is 7.62. The van der Waals surface area contributed by atoms with Crippen LogP contribution in [0.15, 0.2) is 23.2 Å². The van der Waals surface area contributed by atoms with E-state index >= 15 is 0 Å². The zero-order valence-electron chi connectivity index (χ0n) is 17.7. The minimum Gasteiger partial charge on any atom is -0.382 e. The van der Waals surface area contributed by atoms with Gasteiger partial charge in [-0.05, 0) is 32.6 Å². The molecule has 1 heterocycles. The van der Waals surface area contributed by atoms with Crippen LogP contribution >= 0.6 is 24.0 Å². The number of likely N-dealkylation sites (N-methyl/N-ethyl adjacent to an activating group) is 1. The molecule has 2 rings (SSSR count). The van der Waals surface area contributed by atoms with Crippen molar-refractivity contribution in [1.29, 1.82) is 0 Å². The van der Waals surface area contributed by atoms with Crippen LogP contribution in [-0.4, -0.2) is 83.5 Å². The van der Waals surface area contributed by atoms with Gasteiger partial charge in [-0.15, -0.1) is 24.0 Å². The number of methoxy groups -OCH3 is 1. The van der Waals surface area contributed by atoms with Gasteiger partial charge in [0.1, 0.15) is 11.6 Å². The molecule has 0 spiro atoms. The van der Waals surface area contributed by atoms with Gasteiger partial charge >= 0.3 is 0 Å². The predicted molar refractivity (Wildman–Crippen MR) is 122 cm³/mol. The number of hydrogen-bond acceptors (Lipinski definition) is 4. The number of nitrogens with zero attached hydrogens (tertiary/aromatic N) is 3. The Morgan fingerprint density at radius 1 is 1.31 bits per heavy atom. The lowest BCUT2D eigenvalue weighted by molar-refractivity contribution is 0.0536. The minimum absolute atomic E-state index is 0. The van der Waals surface area contributed by atoms with Gasteiger partial charge in [-0.2, -0.15) is 0 Å². The topological polar surface area (TPSA) is 49.3 Å². The highest BCUT2D eigenvalue weighted by Crippen LogP contribution is 2.24. The molecule has 0 bridgehead atoms. The van der Waals surface area contributed by atoms with Crippen LogP contribution < -0.4 is 5.32 Å². The van der Waals surface area contributed by atoms with Gasteiger partial charge in [-0.3, -0.25) is 4.99 Å². The van der Waals surface area contributed by atoms with Crippen LogP contribution in [0.2, 0.25) is 0 Å². The van der Waals surface area contributed by atoms with E-state index in [4.69, 9.17) is 9.47 Å². The molecule has 2 unspecified atom stereocenters. The summed E-state index contributed by atoms with van der Waals surface area (Å²) in [5, 5.41) is 3.28. The summed E-state index contributed by atoms with van der Waals surface area (Å²) in [5.41, 5.74) is 0.0706. The minimum atomic E-state index is -0.537. The maximum atomic E-state index is 14.2. The number of likely N-dealkylation sites (tertiary alicyclic amines) is 1. The molecule has 1 saturated heterocycles. The quantitative estimate of drug-likeness (QED) is 0.232. The molecule has 9 heteroatoms. The molecule has 0 radical (unpaired) electrons. The normalized spacial score (nSPS) is 18.1. The van der Waals surface area contributed by atoms with E-state index in [0.717, 1.165) is 25.5 Å². The van der Waals surface area contributed by atoms with E-state index < -0.39 is 17.7 Å². The second-order valence-electron chi connectivity index (χ2n) is 7.21. The summed E-state index contributed by atoms with van der Waals surface area (Å²) in [5.74, 6) is 0.0990. The summed E-state index contributed by atoms with van der Waals surface area (Å²) in [6.45, 7) is 3.95. The molecule has 1 aromatic rings. The molecular formula is C20H33F2IN4O2. The molecule has 0 amide bonds. The summed E-state index contributed by atoms with van der Waals surface area (Å²) in [6, 6.07) is 3.51. The van der Waals surface area contributed by atoms with Gasteiger partial charge in [0.25, 0.3) is 0 Å². The number of benzene rings is 1. The lowest BCUT2D eigenvalue weighted by atomic mass is 10.0. The van der Waals surface area contributed by atoms with Crippen LogP contribution in [0.4, 0.5) is 8.78 Å². The van der Waals surface area contributed by atoms with Crippen LogP contribution in [-0.2, 0) is 9.47 Å². The smallest absolute Gasteiger partial charge is 0.193 e. The van der Waals surface area contributed by atoms with Gasteiger partial charge in [0, 0.05) is 45.3 Å². The van der Waals surface area contributed by atoms with E-state index in [1.807, 2.05) is 14.1 Å². The third-order valence-electron chi connectivity index (χ3n) is 4.99. The number of nitrogens with one attached hydrogen (secondary N) is 1. The summed E-state index contributed by atoms with van der Waals surface area (Å²) >= 11 is 0. The number of halogens is 3. The number of aliphatic imine (C=N–C) groups is 1. The zero-order valence-corrected chi connectivity index (χ0v) is 20.0. The van der Waals surface area contributed by atoms with Crippen LogP contribution in [0.3, 0.4) is 0 Å². The van der Waals surface area contributed by atoms with Crippen LogP contribution in [0.5, 0.6) is 0 Å². The van der Waals surface area contributed by atoms with Crippen LogP contribution in [0.25, 0.3) is 0 Å². The van der Waals surface area contributed by atoms with Crippen LogP contribution in [0, 0.1) is 17.6 Å². The molecule has 0 aromatic heterocycles. The van der Waals surface area contributed by atoms with Crippen molar-refractivity contribution >= 4 is 29.9 Å². The fourth-order valence-electron chi connectivity index (χ4n) is 3.45. The maximum Gasteiger partial charge on any atom is 0.193 e. The summed E-state index contributed by atoms with van der Waals surface area (Å²) in [4.78, 5) is 8.31. The first kappa shape index (κ1) is 26.0. The van der Waals surface area contributed by atoms with E-state index in [-0.39, 0.29) is 29.5 Å². The van der Waals surface area contributed by atoms with Crippen molar-refractivity contribution < 1.29 is 18.3 Å². The Balaban J connectivity index is 0.00000420. The van der Waals surface area contributed by atoms with Gasteiger partial charge < -0.3 is 24.6 Å². The molecule has 1 aliphatic rings. The van der Waals surface area contributed by atoms with Crippen molar-refractivity contribution in [2.45, 2.75) is 12.5 Å². The largest absolute Gasteiger partial charge is 0.382 e. The molecule has 1 aliphatic heterocycles. The van der Waals surface area contributed by atoms with Crippen molar-refractivity contribution in [3.63, 3.8) is 0 Å². The van der Waals surface area contributed by atoms with E-state index in [0.29, 0.717) is 32.3 Å². The Morgan fingerprint density at radius 3 is 2.59 bits per heavy atom. The maximum absolute atomic E-state index is 14.2. The number of guanidine groups is 1. The molecule has 2 atom stereocenters. The summed E-state index contributed by atoms with van der Waals surface area (Å²) < 4.78 is 39.1. The Hall–Kier alpha value is -1.04. The monoisotopic (exact) mass is 526 g/mol. The van der Waals surface area contributed by atoms with E-state index in [1.165, 1.54) is 18.2 Å². The number of rotatable bonds is 9. The molecule has 6 nitrogen and oxygen atoms in total. The van der Waals surface area contributed by atoms with E-state index in [1.54, 1.807) is 19.1 Å². The highest BCUT2D eigenvalue weighted by atomic mass is 127. The third-order valence-corrected chi connectivity index (χ3v) is 4.99. The molecule has 166 valence electrons. The lowest BCUT2D eigenvalue weighted by Gasteiger charge is -2.28. The molecule has 1 N–H and O–H groups in total. The Morgan fingerprint density at radius 2 is 2.00 bits per heavy atom. The van der Waals surface area contributed by atoms with E-state index in [2.05, 4.69) is 15.2 Å². The highest BCUT2D eigenvalue weighted by Gasteiger charge is 2.27. The van der Waals surface area contributed by atoms with Gasteiger partial charge in [0.05, 0.1) is 25.9 Å².